The Labute approximate surface area is 144 Å². The topological polar surface area (TPSA) is 72.1 Å². The Morgan fingerprint density at radius 2 is 1.81 bits per heavy atom. The number of nitrogen functional groups attached to an aromatic ring is 1. The molecule has 11 heteroatoms. The van der Waals surface area contributed by atoms with Crippen molar-refractivity contribution in [2.24, 2.45) is 11.8 Å². The minimum atomic E-state index is -4.88. The molecule has 0 aromatic carbocycles. The first-order chi connectivity index (χ1) is 12.0. The Hall–Kier alpha value is -2.07. The van der Waals surface area contributed by atoms with Crippen LogP contribution in [-0.2, 0) is 12.7 Å². The number of nitrogens with zero attached hydrogens (tertiary/aromatic N) is 3. The molecule has 2 unspecified atom stereocenters. The first kappa shape index (κ1) is 18.7. The highest BCUT2D eigenvalue weighted by atomic mass is 19.4. The van der Waals surface area contributed by atoms with Crippen LogP contribution in [0.1, 0.15) is 47.4 Å². The van der Waals surface area contributed by atoms with Crippen molar-refractivity contribution in [3.05, 3.63) is 17.0 Å². The molecule has 1 aromatic heterocycles. The molecule has 1 aromatic rings. The molecule has 3 rings (SSSR count). The van der Waals surface area contributed by atoms with E-state index in [0.717, 1.165) is 4.90 Å². The Morgan fingerprint density at radius 1 is 1.12 bits per heavy atom. The van der Waals surface area contributed by atoms with Gasteiger partial charge in [0.05, 0.1) is 23.7 Å². The molecular formula is C15H16F6N4O. The second-order valence-electron chi connectivity index (χ2n) is 6.71. The zero-order chi connectivity index (χ0) is 19.3. The SMILES string of the molecule is Nc1nc2c(c(C(F)(F)F)n1)C(=O)N(CC1CCCC(C(F)(F)F)C1)C2. The molecule has 1 amide bonds. The number of aromatic nitrogens is 2. The van der Waals surface area contributed by atoms with Gasteiger partial charge >= 0.3 is 12.4 Å². The Morgan fingerprint density at radius 3 is 2.42 bits per heavy atom. The van der Waals surface area contributed by atoms with E-state index in [-0.39, 0.29) is 31.6 Å². The predicted molar refractivity (Wildman–Crippen MR) is 77.7 cm³/mol. The van der Waals surface area contributed by atoms with E-state index in [1.54, 1.807) is 0 Å². The lowest BCUT2D eigenvalue weighted by atomic mass is 9.81. The highest BCUT2D eigenvalue weighted by molar-refractivity contribution is 5.99. The van der Waals surface area contributed by atoms with Gasteiger partial charge in [-0.15, -0.1) is 0 Å². The third-order valence-electron chi connectivity index (χ3n) is 4.84. The van der Waals surface area contributed by atoms with Crippen LogP contribution in [0.25, 0.3) is 0 Å². The molecule has 144 valence electrons. The van der Waals surface area contributed by atoms with E-state index in [4.69, 9.17) is 5.73 Å². The molecule has 1 saturated carbocycles. The van der Waals surface area contributed by atoms with Crippen LogP contribution in [0, 0.1) is 11.8 Å². The summed E-state index contributed by atoms with van der Waals surface area (Å²) < 4.78 is 78.1. The first-order valence-electron chi connectivity index (χ1n) is 8.06. The normalized spacial score (nSPS) is 24.1. The van der Waals surface area contributed by atoms with Crippen molar-refractivity contribution < 1.29 is 31.1 Å². The van der Waals surface area contributed by atoms with Crippen LogP contribution in [0.5, 0.6) is 0 Å². The maximum Gasteiger partial charge on any atom is 0.434 e. The van der Waals surface area contributed by atoms with Gasteiger partial charge in [-0.1, -0.05) is 6.42 Å². The molecule has 0 spiro atoms. The fraction of sp³-hybridized carbons (Fsp3) is 0.667. The summed E-state index contributed by atoms with van der Waals surface area (Å²) in [7, 11) is 0. The van der Waals surface area contributed by atoms with E-state index in [1.165, 1.54) is 0 Å². The number of fused-ring (bicyclic) bond motifs is 1. The molecule has 1 aliphatic heterocycles. The average Bonchev–Trinajstić information content (AvgIpc) is 2.81. The van der Waals surface area contributed by atoms with E-state index in [0.29, 0.717) is 12.8 Å². The summed E-state index contributed by atoms with van der Waals surface area (Å²) in [6, 6.07) is 0. The van der Waals surface area contributed by atoms with Crippen molar-refractivity contribution in [2.45, 2.75) is 44.6 Å². The molecule has 0 saturated heterocycles. The smallest absolute Gasteiger partial charge is 0.368 e. The minimum Gasteiger partial charge on any atom is -0.368 e. The van der Waals surface area contributed by atoms with E-state index in [1.807, 2.05) is 0 Å². The largest absolute Gasteiger partial charge is 0.434 e. The number of carbonyl (C=O) groups is 1. The summed E-state index contributed by atoms with van der Waals surface area (Å²) in [5, 5.41) is 0. The number of hydrogen-bond acceptors (Lipinski definition) is 4. The van der Waals surface area contributed by atoms with E-state index >= 15 is 0 Å². The van der Waals surface area contributed by atoms with Gasteiger partial charge < -0.3 is 10.6 Å². The lowest BCUT2D eigenvalue weighted by molar-refractivity contribution is -0.186. The van der Waals surface area contributed by atoms with Crippen molar-refractivity contribution in [2.75, 3.05) is 12.3 Å². The Balaban J connectivity index is 1.79. The van der Waals surface area contributed by atoms with Crippen molar-refractivity contribution >= 4 is 11.9 Å². The molecular weight excluding hydrogens is 366 g/mol. The van der Waals surface area contributed by atoms with Crippen LogP contribution in [0.4, 0.5) is 32.3 Å². The summed E-state index contributed by atoms with van der Waals surface area (Å²) in [5.74, 6) is -3.38. The maximum atomic E-state index is 13.1. The number of anilines is 1. The highest BCUT2D eigenvalue weighted by Crippen LogP contribution is 2.41. The van der Waals surface area contributed by atoms with Crippen LogP contribution in [0.3, 0.4) is 0 Å². The average molecular weight is 382 g/mol. The molecule has 5 nitrogen and oxygen atoms in total. The quantitative estimate of drug-likeness (QED) is 0.796. The van der Waals surface area contributed by atoms with Gasteiger partial charge in [0.15, 0.2) is 5.69 Å². The maximum absolute atomic E-state index is 13.1. The Bertz CT molecular complexity index is 717. The molecule has 2 N–H and O–H groups in total. The van der Waals surface area contributed by atoms with Crippen molar-refractivity contribution in [3.8, 4) is 0 Å². The second-order valence-corrected chi connectivity index (χ2v) is 6.71. The third kappa shape index (κ3) is 3.56. The van der Waals surface area contributed by atoms with E-state index in [9.17, 15) is 31.1 Å². The summed E-state index contributed by atoms with van der Waals surface area (Å²) in [5.41, 5.74) is 3.10. The fourth-order valence-electron chi connectivity index (χ4n) is 3.69. The molecule has 1 fully saturated rings. The lowest BCUT2D eigenvalue weighted by Gasteiger charge is -2.32. The summed E-state index contributed by atoms with van der Waals surface area (Å²) in [6.45, 7) is -0.254. The zero-order valence-electron chi connectivity index (χ0n) is 13.5. The molecule has 2 atom stereocenters. The molecule has 26 heavy (non-hydrogen) atoms. The van der Waals surface area contributed by atoms with Gasteiger partial charge in [0.25, 0.3) is 5.91 Å². The van der Waals surface area contributed by atoms with Gasteiger partial charge in [-0.3, -0.25) is 4.79 Å². The van der Waals surface area contributed by atoms with Gasteiger partial charge in [-0.05, 0) is 25.2 Å². The molecule has 0 bridgehead atoms. The van der Waals surface area contributed by atoms with Crippen LogP contribution >= 0.6 is 0 Å². The molecule has 2 heterocycles. The number of rotatable bonds is 2. The van der Waals surface area contributed by atoms with Crippen LogP contribution in [-0.4, -0.2) is 33.5 Å². The van der Waals surface area contributed by atoms with E-state index < -0.39 is 47.3 Å². The number of amides is 1. The summed E-state index contributed by atoms with van der Waals surface area (Å²) in [4.78, 5) is 20.4. The number of nitrogens with two attached hydrogens (primary N) is 1. The number of hydrogen-bond donors (Lipinski definition) is 1. The monoisotopic (exact) mass is 382 g/mol. The summed E-state index contributed by atoms with van der Waals surface area (Å²) in [6.07, 6.45) is -8.42. The van der Waals surface area contributed by atoms with Crippen molar-refractivity contribution in [1.82, 2.24) is 14.9 Å². The molecule has 0 radical (unpaired) electrons. The second kappa shape index (κ2) is 6.27. The van der Waals surface area contributed by atoms with Gasteiger partial charge in [-0.2, -0.15) is 26.3 Å². The Kier molecular flexibility index (Phi) is 4.51. The highest BCUT2D eigenvalue weighted by Gasteiger charge is 2.46. The first-order valence-corrected chi connectivity index (χ1v) is 8.06. The summed E-state index contributed by atoms with van der Waals surface area (Å²) >= 11 is 0. The number of alkyl halides is 6. The number of carbonyl (C=O) groups excluding carboxylic acids is 1. The van der Waals surface area contributed by atoms with Crippen molar-refractivity contribution in [1.29, 1.82) is 0 Å². The van der Waals surface area contributed by atoms with Gasteiger partial charge in [0.1, 0.15) is 0 Å². The van der Waals surface area contributed by atoms with Gasteiger partial charge in [0.2, 0.25) is 5.95 Å². The van der Waals surface area contributed by atoms with Crippen LogP contribution < -0.4 is 5.73 Å². The lowest BCUT2D eigenvalue weighted by Crippen LogP contribution is -2.36. The minimum absolute atomic E-state index is 0.0361. The molecule has 2 aliphatic rings. The van der Waals surface area contributed by atoms with Crippen LogP contribution in [0.15, 0.2) is 0 Å². The standard InChI is InChI=1S/C15H16F6N4O/c16-14(17,18)8-3-1-2-7(4-8)5-25-6-9-10(12(25)26)11(15(19,20)21)24-13(22)23-9/h7-8H,1-6H2,(H2,22,23,24). The predicted octanol–water partition coefficient (Wildman–Crippen LogP) is 3.40. The van der Waals surface area contributed by atoms with Gasteiger partial charge in [-0.25, -0.2) is 9.97 Å². The van der Waals surface area contributed by atoms with Crippen molar-refractivity contribution in [3.63, 3.8) is 0 Å². The number of halogens is 6. The van der Waals surface area contributed by atoms with E-state index in [2.05, 4.69) is 9.97 Å². The van der Waals surface area contributed by atoms with Gasteiger partial charge in [0, 0.05) is 6.54 Å². The zero-order valence-corrected chi connectivity index (χ0v) is 13.5. The fourth-order valence-corrected chi connectivity index (χ4v) is 3.69. The third-order valence-corrected chi connectivity index (χ3v) is 4.84. The molecule has 1 aliphatic carbocycles. The van der Waals surface area contributed by atoms with Crippen LogP contribution in [0.2, 0.25) is 0 Å².